The zero-order valence-electron chi connectivity index (χ0n) is 6.83. The van der Waals surface area contributed by atoms with Crippen LogP contribution in [-0.4, -0.2) is 14.7 Å². The third-order valence-corrected chi connectivity index (χ3v) is 3.48. The molecule has 8 nitrogen and oxygen atoms in total. The standard InChI is InChI=1S/C2H6.H5O8P3/c1-2;1-9(2)7-11(5,6)8-10(3)4/h1-2H3;9-10H,(H,1,2)(H,3,4)(H,5,6). The maximum atomic E-state index is 10.3. The molecule has 0 rings (SSSR count). The Morgan fingerprint density at radius 1 is 1.08 bits per heavy atom. The summed E-state index contributed by atoms with van der Waals surface area (Å²) in [4.78, 5) is 24.2. The van der Waals surface area contributed by atoms with Gasteiger partial charge in [0.25, 0.3) is 0 Å². The van der Waals surface area contributed by atoms with Gasteiger partial charge in [0.2, 0.25) is 0 Å². The SMILES string of the molecule is CC.O=[PH](O)OP(=O)(O)O[PH](=O)O. The molecule has 11 heteroatoms. The lowest BCUT2D eigenvalue weighted by molar-refractivity contribution is 0.271. The lowest BCUT2D eigenvalue weighted by atomic mass is 11.0. The van der Waals surface area contributed by atoms with Gasteiger partial charge in [-0.05, 0) is 0 Å². The molecule has 3 N–H and O–H groups in total. The molecule has 0 saturated heterocycles. The van der Waals surface area contributed by atoms with E-state index in [0.717, 1.165) is 0 Å². The predicted octanol–water partition coefficient (Wildman–Crippen LogP) is 0.910. The third-order valence-electron chi connectivity index (χ3n) is 0.387. The molecule has 0 aliphatic rings. The molecule has 0 aliphatic heterocycles. The van der Waals surface area contributed by atoms with Gasteiger partial charge in [-0.2, -0.15) is 0 Å². The van der Waals surface area contributed by atoms with Crippen molar-refractivity contribution in [3.05, 3.63) is 0 Å². The average molecular weight is 256 g/mol. The molecule has 0 fully saturated rings. The molecule has 0 saturated carbocycles. The van der Waals surface area contributed by atoms with E-state index in [1.165, 1.54) is 0 Å². The molecular weight excluding hydrogens is 245 g/mol. The Hall–Kier alpha value is 0.490. The second kappa shape index (κ2) is 7.85. The molecule has 0 aliphatic carbocycles. The van der Waals surface area contributed by atoms with Crippen LogP contribution < -0.4 is 0 Å². The molecule has 0 aromatic rings. The van der Waals surface area contributed by atoms with Crippen molar-refractivity contribution >= 4 is 24.3 Å². The van der Waals surface area contributed by atoms with E-state index in [4.69, 9.17) is 14.7 Å². The van der Waals surface area contributed by atoms with E-state index >= 15 is 0 Å². The van der Waals surface area contributed by atoms with Gasteiger partial charge in [0, 0.05) is 0 Å². The monoisotopic (exact) mass is 256 g/mol. The van der Waals surface area contributed by atoms with Crippen molar-refractivity contribution in [1.29, 1.82) is 0 Å². The van der Waals surface area contributed by atoms with Crippen molar-refractivity contribution in [2.45, 2.75) is 13.8 Å². The fourth-order valence-electron chi connectivity index (χ4n) is 0.216. The van der Waals surface area contributed by atoms with Gasteiger partial charge in [0.15, 0.2) is 0 Å². The Balaban J connectivity index is 0. The van der Waals surface area contributed by atoms with Crippen LogP contribution in [0.4, 0.5) is 0 Å². The van der Waals surface area contributed by atoms with Crippen LogP contribution in [0.3, 0.4) is 0 Å². The summed E-state index contributed by atoms with van der Waals surface area (Å²) in [5, 5.41) is 0. The third kappa shape index (κ3) is 12.5. The molecule has 0 aromatic carbocycles. The summed E-state index contributed by atoms with van der Waals surface area (Å²) in [6.07, 6.45) is 0. The minimum Gasteiger partial charge on any atom is -0.326 e. The van der Waals surface area contributed by atoms with Gasteiger partial charge in [-0.25, -0.2) is 13.2 Å². The number of rotatable bonds is 4. The van der Waals surface area contributed by atoms with Gasteiger partial charge in [0.05, 0.1) is 0 Å². The maximum absolute atomic E-state index is 10.3. The Morgan fingerprint density at radius 2 is 1.31 bits per heavy atom. The zero-order chi connectivity index (χ0) is 11.1. The molecule has 0 radical (unpaired) electrons. The minimum atomic E-state index is -4.84. The van der Waals surface area contributed by atoms with Gasteiger partial charge in [0.1, 0.15) is 0 Å². The van der Waals surface area contributed by atoms with E-state index < -0.39 is 24.3 Å². The number of hydrogen-bond acceptors (Lipinski definition) is 5. The summed E-state index contributed by atoms with van der Waals surface area (Å²) in [6, 6.07) is 0. The Bertz CT molecular complexity index is 203. The quantitative estimate of drug-likeness (QED) is 0.632. The summed E-state index contributed by atoms with van der Waals surface area (Å²) < 4.78 is 36.6. The van der Waals surface area contributed by atoms with Gasteiger partial charge in [-0.3, -0.25) is 9.13 Å². The highest BCUT2D eigenvalue weighted by atomic mass is 31.3. The van der Waals surface area contributed by atoms with E-state index in [-0.39, 0.29) is 0 Å². The summed E-state index contributed by atoms with van der Waals surface area (Å²) in [6.45, 7) is 4.00. The van der Waals surface area contributed by atoms with Gasteiger partial charge < -0.3 is 14.7 Å². The lowest BCUT2D eigenvalue weighted by Crippen LogP contribution is -1.81. The first-order valence-corrected chi connectivity index (χ1v) is 7.03. The van der Waals surface area contributed by atoms with Crippen molar-refractivity contribution in [3.8, 4) is 0 Å². The van der Waals surface area contributed by atoms with Crippen LogP contribution in [0.25, 0.3) is 0 Å². The first kappa shape index (κ1) is 15.9. The van der Waals surface area contributed by atoms with Crippen LogP contribution in [0.2, 0.25) is 0 Å². The van der Waals surface area contributed by atoms with Crippen molar-refractivity contribution in [2.24, 2.45) is 0 Å². The number of hydrogen-bond donors (Lipinski definition) is 3. The fourth-order valence-corrected chi connectivity index (χ4v) is 2.28. The van der Waals surface area contributed by atoms with Gasteiger partial charge in [-0.1, -0.05) is 13.8 Å². The molecule has 2 unspecified atom stereocenters. The van der Waals surface area contributed by atoms with Crippen molar-refractivity contribution in [3.63, 3.8) is 0 Å². The second-order valence-corrected chi connectivity index (χ2v) is 4.64. The van der Waals surface area contributed by atoms with E-state index in [0.29, 0.717) is 0 Å². The molecule has 0 spiro atoms. The Morgan fingerprint density at radius 3 is 1.46 bits per heavy atom. The molecule has 0 heterocycles. The van der Waals surface area contributed by atoms with Crippen LogP contribution in [0, 0.1) is 0 Å². The molecular formula is C2H11O8P3. The van der Waals surface area contributed by atoms with Crippen LogP contribution in [0.15, 0.2) is 0 Å². The first-order valence-electron chi connectivity index (χ1n) is 3.01. The predicted molar refractivity (Wildman–Crippen MR) is 45.8 cm³/mol. The highest BCUT2D eigenvalue weighted by Crippen LogP contribution is 2.55. The molecule has 0 bridgehead atoms. The topological polar surface area (TPSA) is 130 Å². The van der Waals surface area contributed by atoms with Gasteiger partial charge >= 0.3 is 24.3 Å². The first-order chi connectivity index (χ1) is 5.83. The molecule has 2 atom stereocenters. The molecule has 0 amide bonds. The normalized spacial score (nSPS) is 19.2. The van der Waals surface area contributed by atoms with E-state index in [1.54, 1.807) is 0 Å². The van der Waals surface area contributed by atoms with Crippen molar-refractivity contribution in [2.75, 3.05) is 0 Å². The lowest BCUT2D eigenvalue weighted by Gasteiger charge is -2.05. The smallest absolute Gasteiger partial charge is 0.326 e. The maximum Gasteiger partial charge on any atom is 0.486 e. The van der Waals surface area contributed by atoms with E-state index in [2.05, 4.69) is 8.62 Å². The zero-order valence-corrected chi connectivity index (χ0v) is 9.72. The van der Waals surface area contributed by atoms with Crippen LogP contribution in [0.1, 0.15) is 13.8 Å². The van der Waals surface area contributed by atoms with E-state index in [1.807, 2.05) is 13.8 Å². The summed E-state index contributed by atoms with van der Waals surface area (Å²) in [7, 11) is -12.2. The van der Waals surface area contributed by atoms with Crippen molar-refractivity contribution in [1.82, 2.24) is 0 Å². The molecule has 0 aromatic heterocycles. The van der Waals surface area contributed by atoms with Crippen molar-refractivity contribution < 1.29 is 37.0 Å². The van der Waals surface area contributed by atoms with Gasteiger partial charge in [-0.15, -0.1) is 0 Å². The molecule has 82 valence electrons. The fraction of sp³-hybridized carbons (Fsp3) is 1.00. The number of phosphoric acid groups is 1. The van der Waals surface area contributed by atoms with Crippen LogP contribution in [-0.2, 0) is 22.3 Å². The second-order valence-electron chi connectivity index (χ2n) is 1.18. The summed E-state index contributed by atoms with van der Waals surface area (Å²) in [5.74, 6) is 0. The highest BCUT2D eigenvalue weighted by Gasteiger charge is 2.25. The summed E-state index contributed by atoms with van der Waals surface area (Å²) in [5.41, 5.74) is 0. The van der Waals surface area contributed by atoms with E-state index in [9.17, 15) is 13.7 Å². The van der Waals surface area contributed by atoms with Crippen LogP contribution in [0.5, 0.6) is 0 Å². The largest absolute Gasteiger partial charge is 0.486 e. The average Bonchev–Trinajstić information content (AvgIpc) is 1.85. The summed E-state index contributed by atoms with van der Waals surface area (Å²) >= 11 is 0. The Kier molecular flexibility index (Phi) is 9.63. The molecule has 13 heavy (non-hydrogen) atoms. The van der Waals surface area contributed by atoms with Crippen LogP contribution >= 0.6 is 24.3 Å². The highest BCUT2D eigenvalue weighted by molar-refractivity contribution is 7.60. The Labute approximate surface area is 76.0 Å². The minimum absolute atomic E-state index is 2.00.